The third-order valence-corrected chi connectivity index (χ3v) is 2.12. The summed E-state index contributed by atoms with van der Waals surface area (Å²) in [7, 11) is 0. The van der Waals surface area contributed by atoms with E-state index in [2.05, 4.69) is 19.2 Å². The molecule has 0 saturated carbocycles. The van der Waals surface area contributed by atoms with Crippen LogP contribution >= 0.6 is 0 Å². The van der Waals surface area contributed by atoms with E-state index in [0.717, 1.165) is 6.54 Å². The quantitative estimate of drug-likeness (QED) is 0.531. The van der Waals surface area contributed by atoms with Gasteiger partial charge in [0.1, 0.15) is 0 Å². The maximum absolute atomic E-state index is 5.36. The summed E-state index contributed by atoms with van der Waals surface area (Å²) in [5.41, 5.74) is 5.36. The second kappa shape index (κ2) is 9.62. The summed E-state index contributed by atoms with van der Waals surface area (Å²) in [5.74, 6) is 0. The third-order valence-electron chi connectivity index (χ3n) is 1.57. The van der Waals surface area contributed by atoms with Gasteiger partial charge in [0, 0.05) is 0 Å². The Balaban J connectivity index is 2.65. The molecule has 0 aliphatic carbocycles. The van der Waals surface area contributed by atoms with Crippen LogP contribution < -0.4 is 5.73 Å². The normalized spacial score (nSPS) is 10.3. The van der Waals surface area contributed by atoms with Crippen molar-refractivity contribution in [3.63, 3.8) is 0 Å². The zero-order valence-electron chi connectivity index (χ0n) is 6.55. The van der Waals surface area contributed by atoms with Crippen molar-refractivity contribution in [3.8, 4) is 0 Å². The Labute approximate surface area is 75.2 Å². The van der Waals surface area contributed by atoms with Crippen molar-refractivity contribution in [2.45, 2.75) is 43.4 Å². The van der Waals surface area contributed by atoms with E-state index in [9.17, 15) is 0 Å². The molecule has 0 spiro atoms. The molecule has 0 aliphatic rings. The zero-order valence-corrected chi connectivity index (χ0v) is 8.11. The summed E-state index contributed by atoms with van der Waals surface area (Å²) in [6.45, 7) is 0.861. The van der Waals surface area contributed by atoms with E-state index < -0.39 is 0 Å². The van der Waals surface area contributed by atoms with Crippen molar-refractivity contribution in [3.05, 3.63) is 0 Å². The van der Waals surface area contributed by atoms with E-state index in [1.165, 1.54) is 43.4 Å². The van der Waals surface area contributed by atoms with Gasteiger partial charge in [-0.2, -0.15) is 0 Å². The molecule has 0 amide bonds. The van der Waals surface area contributed by atoms with Crippen molar-refractivity contribution >= 4 is 0 Å². The van der Waals surface area contributed by atoms with Crippen LogP contribution in [-0.4, -0.2) is 6.54 Å². The molecule has 2 N–H and O–H groups in total. The molecule has 0 atom stereocenters. The SMILES string of the molecule is NCCCCCCC[CH2][Pd]. The molecule has 0 aromatic rings. The fraction of sp³-hybridized carbons (Fsp3) is 1.00. The predicted molar refractivity (Wildman–Crippen MR) is 41.6 cm³/mol. The summed E-state index contributed by atoms with van der Waals surface area (Å²) < 4.78 is 0. The van der Waals surface area contributed by atoms with Gasteiger partial charge in [0.05, 0.1) is 0 Å². The van der Waals surface area contributed by atoms with E-state index in [1.54, 1.807) is 0 Å². The minimum atomic E-state index is 0.861. The number of nitrogens with two attached hydrogens (primary N) is 1. The first-order valence-electron chi connectivity index (χ1n) is 4.13. The molecule has 2 heteroatoms. The van der Waals surface area contributed by atoms with Gasteiger partial charge in [-0.1, -0.05) is 0 Å². The van der Waals surface area contributed by atoms with Crippen LogP contribution in [0.4, 0.5) is 0 Å². The Morgan fingerprint density at radius 2 is 1.30 bits per heavy atom. The molecule has 65 valence electrons. The Morgan fingerprint density at radius 3 is 1.80 bits per heavy atom. The molecule has 0 unspecified atom stereocenters. The second-order valence-electron chi connectivity index (χ2n) is 2.57. The number of hydrogen-bond donors (Lipinski definition) is 1. The molecule has 0 radical (unpaired) electrons. The van der Waals surface area contributed by atoms with Gasteiger partial charge in [-0.25, -0.2) is 0 Å². The number of hydrogen-bond acceptors (Lipinski definition) is 1. The van der Waals surface area contributed by atoms with Crippen molar-refractivity contribution in [2.75, 3.05) is 6.54 Å². The van der Waals surface area contributed by atoms with Crippen LogP contribution in [0.3, 0.4) is 0 Å². The van der Waals surface area contributed by atoms with Crippen LogP contribution in [0.1, 0.15) is 38.5 Å². The average molecular weight is 235 g/mol. The topological polar surface area (TPSA) is 26.0 Å². The van der Waals surface area contributed by atoms with Crippen molar-refractivity contribution in [1.29, 1.82) is 0 Å². The Kier molecular flexibility index (Phi) is 10.2. The van der Waals surface area contributed by atoms with Crippen molar-refractivity contribution in [2.24, 2.45) is 5.73 Å². The average Bonchev–Trinajstić information content (AvgIpc) is 1.97. The predicted octanol–water partition coefficient (Wildman–Crippen LogP) is 2.25. The molecule has 0 aromatic carbocycles. The van der Waals surface area contributed by atoms with Gasteiger partial charge in [0.25, 0.3) is 0 Å². The summed E-state index contributed by atoms with van der Waals surface area (Å²) in [6.07, 6.45) is 8.00. The van der Waals surface area contributed by atoms with Crippen LogP contribution in [0.15, 0.2) is 0 Å². The van der Waals surface area contributed by atoms with Crippen LogP contribution in [0.5, 0.6) is 0 Å². The number of rotatable bonds is 7. The van der Waals surface area contributed by atoms with Gasteiger partial charge in [-0.15, -0.1) is 0 Å². The van der Waals surface area contributed by atoms with E-state index in [4.69, 9.17) is 5.73 Å². The first-order chi connectivity index (χ1) is 4.91. The zero-order chi connectivity index (χ0) is 7.66. The van der Waals surface area contributed by atoms with Gasteiger partial charge in [-0.05, 0) is 0 Å². The van der Waals surface area contributed by atoms with E-state index >= 15 is 0 Å². The van der Waals surface area contributed by atoms with Crippen LogP contribution in [-0.2, 0) is 19.2 Å². The van der Waals surface area contributed by atoms with E-state index in [0.29, 0.717) is 0 Å². The molecule has 0 fully saturated rings. The monoisotopic (exact) mass is 234 g/mol. The first-order valence-corrected chi connectivity index (χ1v) is 5.23. The van der Waals surface area contributed by atoms with Gasteiger partial charge < -0.3 is 0 Å². The van der Waals surface area contributed by atoms with Crippen LogP contribution in [0.25, 0.3) is 0 Å². The molecular formula is C8H18NPd. The maximum atomic E-state index is 5.36. The van der Waals surface area contributed by atoms with Crippen molar-refractivity contribution in [1.82, 2.24) is 0 Å². The van der Waals surface area contributed by atoms with Gasteiger partial charge in [-0.3, -0.25) is 0 Å². The standard InChI is InChI=1S/C8H18N.Pd/c1-2-3-4-5-6-7-8-9;/h1-9H2;. The Bertz CT molecular complexity index is 49.2. The summed E-state index contributed by atoms with van der Waals surface area (Å²) >= 11 is 3.18. The molecular weight excluding hydrogens is 217 g/mol. The molecule has 0 aromatic heterocycles. The molecule has 0 bridgehead atoms. The third kappa shape index (κ3) is 8.62. The molecule has 0 saturated heterocycles. The van der Waals surface area contributed by atoms with Gasteiger partial charge >= 0.3 is 74.9 Å². The molecule has 1 nitrogen and oxygen atoms in total. The fourth-order valence-corrected chi connectivity index (χ4v) is 1.32. The first kappa shape index (κ1) is 10.6. The Hall–Kier alpha value is 0.622. The molecule has 0 heterocycles. The van der Waals surface area contributed by atoms with Crippen LogP contribution in [0, 0.1) is 0 Å². The van der Waals surface area contributed by atoms with Gasteiger partial charge in [0.2, 0.25) is 0 Å². The second-order valence-corrected chi connectivity index (χ2v) is 3.35. The van der Waals surface area contributed by atoms with E-state index in [1.807, 2.05) is 0 Å². The fourth-order valence-electron chi connectivity index (χ4n) is 0.931. The summed E-state index contributed by atoms with van der Waals surface area (Å²) in [5, 5.41) is 0. The minimum absolute atomic E-state index is 0.861. The molecule has 0 rings (SSSR count). The van der Waals surface area contributed by atoms with Crippen LogP contribution in [0.2, 0.25) is 4.89 Å². The van der Waals surface area contributed by atoms with Gasteiger partial charge in [0.15, 0.2) is 0 Å². The Morgan fingerprint density at radius 1 is 0.800 bits per heavy atom. The molecule has 0 aliphatic heterocycles. The van der Waals surface area contributed by atoms with E-state index in [-0.39, 0.29) is 0 Å². The van der Waals surface area contributed by atoms with Crippen molar-refractivity contribution < 1.29 is 19.2 Å². The summed E-state index contributed by atoms with van der Waals surface area (Å²) in [6, 6.07) is 0. The summed E-state index contributed by atoms with van der Waals surface area (Å²) in [4.78, 5) is 1.19. The molecule has 10 heavy (non-hydrogen) atoms. The number of unbranched alkanes of at least 4 members (excludes halogenated alkanes) is 5.